The zero-order valence-electron chi connectivity index (χ0n) is 9.04. The Morgan fingerprint density at radius 2 is 2.19 bits per heavy atom. The first-order chi connectivity index (χ1) is 7.25. The highest BCUT2D eigenvalue weighted by Gasteiger charge is 2.31. The van der Waals surface area contributed by atoms with Gasteiger partial charge in [0.1, 0.15) is 0 Å². The molecule has 0 aromatic carbocycles. The van der Waals surface area contributed by atoms with Crippen molar-refractivity contribution < 1.29 is 19.0 Å². The van der Waals surface area contributed by atoms with Crippen LogP contribution < -0.4 is 4.74 Å². The standard InChI is InChI=1S/C10H11ClFNO3/c1-5-7(12)6(11)4-13-8(5)16-10(2,3)9(14)15/h4H,1-3H3,(H,14,15). The first-order valence-corrected chi connectivity index (χ1v) is 4.86. The van der Waals surface area contributed by atoms with Crippen molar-refractivity contribution in [2.24, 2.45) is 0 Å². The summed E-state index contributed by atoms with van der Waals surface area (Å²) in [6.07, 6.45) is 1.08. The molecule has 0 aliphatic carbocycles. The van der Waals surface area contributed by atoms with Crippen LogP contribution >= 0.6 is 11.6 Å². The zero-order chi connectivity index (χ0) is 12.5. The largest absolute Gasteiger partial charge is 0.478 e. The fourth-order valence-electron chi connectivity index (χ4n) is 0.930. The predicted molar refractivity (Wildman–Crippen MR) is 56.3 cm³/mol. The van der Waals surface area contributed by atoms with Crippen LogP contribution in [0.4, 0.5) is 4.39 Å². The number of carboxylic acids is 1. The molecule has 0 unspecified atom stereocenters. The lowest BCUT2D eigenvalue weighted by molar-refractivity contribution is -0.152. The fraction of sp³-hybridized carbons (Fsp3) is 0.400. The minimum Gasteiger partial charge on any atom is -0.478 e. The number of nitrogens with zero attached hydrogens (tertiary/aromatic N) is 1. The maximum Gasteiger partial charge on any atom is 0.347 e. The number of aromatic nitrogens is 1. The van der Waals surface area contributed by atoms with Crippen molar-refractivity contribution in [2.75, 3.05) is 0 Å². The summed E-state index contributed by atoms with van der Waals surface area (Å²) in [6.45, 7) is 4.12. The van der Waals surface area contributed by atoms with Crippen LogP contribution in [-0.4, -0.2) is 21.7 Å². The third-order valence-corrected chi connectivity index (χ3v) is 2.29. The SMILES string of the molecule is Cc1c(OC(C)(C)C(=O)O)ncc(Cl)c1F. The van der Waals surface area contributed by atoms with Crippen molar-refractivity contribution in [3.63, 3.8) is 0 Å². The number of halogens is 2. The second-order valence-electron chi connectivity index (χ2n) is 3.77. The predicted octanol–water partition coefficient (Wildman–Crippen LogP) is 2.42. The topological polar surface area (TPSA) is 59.4 Å². The monoisotopic (exact) mass is 247 g/mol. The van der Waals surface area contributed by atoms with Crippen LogP contribution in [0.1, 0.15) is 19.4 Å². The van der Waals surface area contributed by atoms with Crippen LogP contribution in [0.25, 0.3) is 0 Å². The summed E-state index contributed by atoms with van der Waals surface area (Å²) in [5, 5.41) is 8.72. The Hall–Kier alpha value is -1.36. The van der Waals surface area contributed by atoms with Crippen molar-refractivity contribution in [3.8, 4) is 5.88 Å². The van der Waals surface area contributed by atoms with Crippen molar-refractivity contribution in [1.82, 2.24) is 4.98 Å². The van der Waals surface area contributed by atoms with E-state index in [1.54, 1.807) is 0 Å². The second-order valence-corrected chi connectivity index (χ2v) is 4.17. The van der Waals surface area contributed by atoms with E-state index >= 15 is 0 Å². The highest BCUT2D eigenvalue weighted by atomic mass is 35.5. The van der Waals surface area contributed by atoms with E-state index in [-0.39, 0.29) is 16.5 Å². The van der Waals surface area contributed by atoms with Gasteiger partial charge in [-0.2, -0.15) is 0 Å². The van der Waals surface area contributed by atoms with E-state index in [1.807, 2.05) is 0 Å². The molecule has 0 atom stereocenters. The van der Waals surface area contributed by atoms with Crippen molar-refractivity contribution in [2.45, 2.75) is 26.4 Å². The molecule has 0 saturated carbocycles. The van der Waals surface area contributed by atoms with Gasteiger partial charge in [-0.3, -0.25) is 0 Å². The van der Waals surface area contributed by atoms with E-state index in [2.05, 4.69) is 4.98 Å². The molecule has 16 heavy (non-hydrogen) atoms. The first-order valence-electron chi connectivity index (χ1n) is 4.48. The minimum absolute atomic E-state index is 0.0747. The molecule has 0 saturated heterocycles. The molecule has 0 bridgehead atoms. The summed E-state index contributed by atoms with van der Waals surface area (Å²) in [5.74, 6) is -1.90. The fourth-order valence-corrected chi connectivity index (χ4v) is 1.12. The van der Waals surface area contributed by atoms with Gasteiger partial charge in [0.2, 0.25) is 11.5 Å². The van der Waals surface area contributed by atoms with E-state index < -0.39 is 17.4 Å². The molecule has 0 spiro atoms. The lowest BCUT2D eigenvalue weighted by Crippen LogP contribution is -2.38. The third-order valence-electron chi connectivity index (χ3n) is 2.02. The summed E-state index contributed by atoms with van der Waals surface area (Å²) in [7, 11) is 0. The molecule has 4 nitrogen and oxygen atoms in total. The second kappa shape index (κ2) is 4.25. The smallest absolute Gasteiger partial charge is 0.347 e. The number of carbonyl (C=O) groups is 1. The van der Waals surface area contributed by atoms with Gasteiger partial charge in [-0.15, -0.1) is 0 Å². The minimum atomic E-state index is -1.47. The average Bonchev–Trinajstić information content (AvgIpc) is 2.19. The molecule has 1 aromatic heterocycles. The van der Waals surface area contributed by atoms with E-state index in [0.717, 1.165) is 6.20 Å². The summed E-state index contributed by atoms with van der Waals surface area (Å²) in [5.41, 5.74) is -1.39. The molecule has 1 aromatic rings. The summed E-state index contributed by atoms with van der Waals surface area (Å²) >= 11 is 5.51. The molecule has 0 aliphatic rings. The van der Waals surface area contributed by atoms with Crippen LogP contribution in [0, 0.1) is 12.7 Å². The van der Waals surface area contributed by atoms with Gasteiger partial charge >= 0.3 is 5.97 Å². The third kappa shape index (κ3) is 2.41. The summed E-state index contributed by atoms with van der Waals surface area (Å²) in [6, 6.07) is 0. The lowest BCUT2D eigenvalue weighted by atomic mass is 10.1. The molecule has 0 fully saturated rings. The van der Waals surface area contributed by atoms with Crippen LogP contribution in [0.15, 0.2) is 6.20 Å². The van der Waals surface area contributed by atoms with Gasteiger partial charge in [0.15, 0.2) is 5.82 Å². The molecule has 6 heteroatoms. The van der Waals surface area contributed by atoms with Crippen molar-refractivity contribution in [1.29, 1.82) is 0 Å². The van der Waals surface area contributed by atoms with Crippen LogP contribution in [-0.2, 0) is 4.79 Å². The molecule has 1 rings (SSSR count). The molecular formula is C10H11ClFNO3. The van der Waals surface area contributed by atoms with Crippen molar-refractivity contribution >= 4 is 17.6 Å². The highest BCUT2D eigenvalue weighted by molar-refractivity contribution is 6.30. The van der Waals surface area contributed by atoms with E-state index in [0.29, 0.717) is 0 Å². The molecule has 0 amide bonds. The number of hydrogen-bond acceptors (Lipinski definition) is 3. The van der Waals surface area contributed by atoms with E-state index in [1.165, 1.54) is 20.8 Å². The van der Waals surface area contributed by atoms with Crippen molar-refractivity contribution in [3.05, 3.63) is 22.6 Å². The summed E-state index contributed by atoms with van der Waals surface area (Å²) in [4.78, 5) is 14.6. The number of aliphatic carboxylic acids is 1. The molecule has 0 radical (unpaired) electrons. The van der Waals surface area contributed by atoms with Gasteiger partial charge < -0.3 is 9.84 Å². The average molecular weight is 248 g/mol. The zero-order valence-corrected chi connectivity index (χ0v) is 9.80. The van der Waals surface area contributed by atoms with Gasteiger partial charge in [0.05, 0.1) is 11.2 Å². The molecule has 88 valence electrons. The van der Waals surface area contributed by atoms with Crippen LogP contribution in [0.3, 0.4) is 0 Å². The normalized spacial score (nSPS) is 11.3. The Bertz CT molecular complexity index is 434. The van der Waals surface area contributed by atoms with Crippen LogP contribution in [0.2, 0.25) is 5.02 Å². The van der Waals surface area contributed by atoms with Gasteiger partial charge in [0, 0.05) is 5.56 Å². The number of ether oxygens (including phenoxy) is 1. The first kappa shape index (κ1) is 12.7. The van der Waals surface area contributed by atoms with Gasteiger partial charge in [0.25, 0.3) is 0 Å². The maximum atomic E-state index is 13.4. The van der Waals surface area contributed by atoms with Crippen LogP contribution in [0.5, 0.6) is 5.88 Å². The highest BCUT2D eigenvalue weighted by Crippen LogP contribution is 2.26. The Morgan fingerprint density at radius 3 is 2.69 bits per heavy atom. The number of hydrogen-bond donors (Lipinski definition) is 1. The number of carboxylic acid groups (broad SMARTS) is 1. The van der Waals surface area contributed by atoms with Gasteiger partial charge in [-0.25, -0.2) is 14.2 Å². The summed E-state index contributed by atoms with van der Waals surface area (Å²) < 4.78 is 18.5. The molecule has 1 heterocycles. The quantitative estimate of drug-likeness (QED) is 0.891. The molecule has 0 aliphatic heterocycles. The number of pyridine rings is 1. The molecular weight excluding hydrogens is 237 g/mol. The number of rotatable bonds is 3. The van der Waals surface area contributed by atoms with E-state index in [9.17, 15) is 9.18 Å². The Labute approximate surface area is 97.0 Å². The molecule has 1 N–H and O–H groups in total. The Morgan fingerprint density at radius 1 is 1.62 bits per heavy atom. The van der Waals surface area contributed by atoms with E-state index in [4.69, 9.17) is 21.4 Å². The van der Waals surface area contributed by atoms with Gasteiger partial charge in [-0.1, -0.05) is 11.6 Å². The van der Waals surface area contributed by atoms with Gasteiger partial charge in [-0.05, 0) is 20.8 Å². The lowest BCUT2D eigenvalue weighted by Gasteiger charge is -2.21. The maximum absolute atomic E-state index is 13.4. The Kier molecular flexibility index (Phi) is 3.38. The Balaban J connectivity index is 3.08.